The largest absolute Gasteiger partial charge is 0.457 e. The molecule has 29 heavy (non-hydrogen) atoms. The molecule has 0 amide bonds. The molecular formula is C22H23N5O2. The highest BCUT2D eigenvalue weighted by Crippen LogP contribution is 2.27. The molecular weight excluding hydrogens is 366 g/mol. The molecule has 148 valence electrons. The predicted octanol–water partition coefficient (Wildman–Crippen LogP) is 4.01. The first-order chi connectivity index (χ1) is 14.3. The van der Waals surface area contributed by atoms with E-state index in [9.17, 15) is 0 Å². The number of hydrogen-bond acceptors (Lipinski definition) is 5. The van der Waals surface area contributed by atoms with Crippen LogP contribution in [-0.4, -0.2) is 39.4 Å². The molecule has 3 heterocycles. The summed E-state index contributed by atoms with van der Waals surface area (Å²) in [5.74, 6) is 2.46. The Kier molecular flexibility index (Phi) is 4.98. The number of aromatic amines is 2. The summed E-state index contributed by atoms with van der Waals surface area (Å²) in [7, 11) is 0. The third kappa shape index (κ3) is 4.16. The first-order valence-corrected chi connectivity index (χ1v) is 9.92. The van der Waals surface area contributed by atoms with E-state index < -0.39 is 0 Å². The number of fused-ring (bicyclic) bond motifs is 1. The van der Waals surface area contributed by atoms with Gasteiger partial charge in [0.15, 0.2) is 0 Å². The van der Waals surface area contributed by atoms with Crippen LogP contribution < -0.4 is 10.1 Å². The highest BCUT2D eigenvalue weighted by atomic mass is 16.5. The summed E-state index contributed by atoms with van der Waals surface area (Å²) in [5, 5.41) is 10.4. The van der Waals surface area contributed by atoms with Crippen LogP contribution in [-0.2, 0) is 11.3 Å². The number of nitrogens with one attached hydrogen (secondary N) is 3. The molecule has 0 radical (unpaired) electrons. The molecule has 1 aliphatic heterocycles. The normalized spacial score (nSPS) is 16.5. The van der Waals surface area contributed by atoms with Crippen LogP contribution in [0, 0.1) is 0 Å². The average Bonchev–Trinajstić information content (AvgIpc) is 3.50. The molecule has 1 fully saturated rings. The smallest absolute Gasteiger partial charge is 0.129 e. The standard InChI is InChI=1S/C22H23N5O2/c1-2-18(28-11-1)13-23-14-22-25-20-8-7-17(12-21(20)26-22)29-16-5-3-15(4-6-16)19-9-10-24-27-19/h3-10,12,18,23H,1-2,11,13-14H2,(H,24,27)(H,25,26)/t18-/m1/s1. The maximum atomic E-state index is 6.00. The number of benzene rings is 2. The van der Waals surface area contributed by atoms with Gasteiger partial charge in [0.05, 0.1) is 29.4 Å². The molecule has 2 aromatic heterocycles. The minimum atomic E-state index is 0.332. The van der Waals surface area contributed by atoms with E-state index in [4.69, 9.17) is 9.47 Å². The van der Waals surface area contributed by atoms with E-state index in [0.717, 1.165) is 65.6 Å². The quantitative estimate of drug-likeness (QED) is 0.444. The Balaban J connectivity index is 1.23. The summed E-state index contributed by atoms with van der Waals surface area (Å²) in [6, 6.07) is 15.8. The molecule has 2 aromatic carbocycles. The van der Waals surface area contributed by atoms with Gasteiger partial charge in [-0.3, -0.25) is 5.10 Å². The van der Waals surface area contributed by atoms with Gasteiger partial charge < -0.3 is 19.8 Å². The lowest BCUT2D eigenvalue weighted by molar-refractivity contribution is 0.110. The summed E-state index contributed by atoms with van der Waals surface area (Å²) < 4.78 is 11.6. The molecule has 1 saturated heterocycles. The molecule has 1 aliphatic rings. The molecule has 7 nitrogen and oxygen atoms in total. The number of nitrogens with zero attached hydrogens (tertiary/aromatic N) is 2. The van der Waals surface area contributed by atoms with E-state index in [1.54, 1.807) is 6.20 Å². The minimum Gasteiger partial charge on any atom is -0.457 e. The summed E-state index contributed by atoms with van der Waals surface area (Å²) >= 11 is 0. The fourth-order valence-electron chi connectivity index (χ4n) is 3.60. The Bertz CT molecular complexity index is 1070. The molecule has 0 aliphatic carbocycles. The van der Waals surface area contributed by atoms with Gasteiger partial charge in [-0.1, -0.05) is 0 Å². The molecule has 0 spiro atoms. The van der Waals surface area contributed by atoms with E-state index in [0.29, 0.717) is 12.6 Å². The van der Waals surface area contributed by atoms with Crippen molar-refractivity contribution in [2.24, 2.45) is 0 Å². The van der Waals surface area contributed by atoms with Gasteiger partial charge in [0.2, 0.25) is 0 Å². The molecule has 0 saturated carbocycles. The Morgan fingerprint density at radius 2 is 2.00 bits per heavy atom. The van der Waals surface area contributed by atoms with Crippen molar-refractivity contribution < 1.29 is 9.47 Å². The Morgan fingerprint density at radius 3 is 2.79 bits per heavy atom. The SMILES string of the molecule is c1cc(-c2ccc(Oc3ccc4[nH]c(CNC[C@H]5CCCO5)nc4c3)cc2)[nH]n1. The van der Waals surface area contributed by atoms with Gasteiger partial charge >= 0.3 is 0 Å². The van der Waals surface area contributed by atoms with Crippen LogP contribution in [0.3, 0.4) is 0 Å². The highest BCUT2D eigenvalue weighted by Gasteiger charge is 2.15. The number of rotatable bonds is 7. The van der Waals surface area contributed by atoms with Gasteiger partial charge in [-0.05, 0) is 60.9 Å². The number of H-pyrrole nitrogens is 2. The average molecular weight is 389 g/mol. The van der Waals surface area contributed by atoms with Crippen LogP contribution in [0.5, 0.6) is 11.5 Å². The fraction of sp³-hybridized carbons (Fsp3) is 0.273. The maximum absolute atomic E-state index is 6.00. The fourth-order valence-corrected chi connectivity index (χ4v) is 3.60. The Labute approximate surface area is 168 Å². The van der Waals surface area contributed by atoms with Gasteiger partial charge in [0.1, 0.15) is 17.3 Å². The zero-order chi connectivity index (χ0) is 19.5. The van der Waals surface area contributed by atoms with Gasteiger partial charge in [-0.2, -0.15) is 5.10 Å². The topological polar surface area (TPSA) is 87.9 Å². The van der Waals surface area contributed by atoms with Crippen molar-refractivity contribution in [1.29, 1.82) is 0 Å². The molecule has 1 atom stereocenters. The second-order valence-corrected chi connectivity index (χ2v) is 7.23. The van der Waals surface area contributed by atoms with E-state index >= 15 is 0 Å². The summed E-state index contributed by atoms with van der Waals surface area (Å²) in [4.78, 5) is 8.03. The van der Waals surface area contributed by atoms with Crippen LogP contribution in [0.25, 0.3) is 22.3 Å². The van der Waals surface area contributed by atoms with Crippen LogP contribution in [0.1, 0.15) is 18.7 Å². The van der Waals surface area contributed by atoms with Gasteiger partial charge in [-0.25, -0.2) is 4.98 Å². The number of ether oxygens (including phenoxy) is 2. The van der Waals surface area contributed by atoms with E-state index in [1.165, 1.54) is 0 Å². The molecule has 4 aromatic rings. The summed E-state index contributed by atoms with van der Waals surface area (Å²) in [6.45, 7) is 2.44. The highest BCUT2D eigenvalue weighted by molar-refractivity contribution is 5.77. The zero-order valence-corrected chi connectivity index (χ0v) is 16.0. The lowest BCUT2D eigenvalue weighted by Crippen LogP contribution is -2.26. The first-order valence-electron chi connectivity index (χ1n) is 9.92. The number of imidazole rings is 1. The molecule has 7 heteroatoms. The van der Waals surface area contributed by atoms with Crippen molar-refractivity contribution >= 4 is 11.0 Å². The zero-order valence-electron chi connectivity index (χ0n) is 16.0. The second-order valence-electron chi connectivity index (χ2n) is 7.23. The molecule has 0 unspecified atom stereocenters. The van der Waals surface area contributed by atoms with Gasteiger partial charge in [-0.15, -0.1) is 0 Å². The number of aromatic nitrogens is 4. The van der Waals surface area contributed by atoms with Crippen molar-refractivity contribution in [3.05, 3.63) is 60.6 Å². The minimum absolute atomic E-state index is 0.332. The summed E-state index contributed by atoms with van der Waals surface area (Å²) in [5.41, 5.74) is 3.94. The van der Waals surface area contributed by atoms with Crippen molar-refractivity contribution in [2.45, 2.75) is 25.5 Å². The number of hydrogen-bond donors (Lipinski definition) is 3. The Hall–Kier alpha value is -3.16. The summed E-state index contributed by atoms with van der Waals surface area (Å²) in [6.07, 6.45) is 4.37. The van der Waals surface area contributed by atoms with Crippen LogP contribution in [0.15, 0.2) is 54.7 Å². The van der Waals surface area contributed by atoms with E-state index in [2.05, 4.69) is 25.5 Å². The van der Waals surface area contributed by atoms with Crippen molar-refractivity contribution in [3.63, 3.8) is 0 Å². The van der Waals surface area contributed by atoms with Crippen molar-refractivity contribution in [2.75, 3.05) is 13.2 Å². The lowest BCUT2D eigenvalue weighted by atomic mass is 10.1. The molecule has 0 bridgehead atoms. The van der Waals surface area contributed by atoms with Gasteiger partial charge in [0.25, 0.3) is 0 Å². The van der Waals surface area contributed by atoms with Crippen molar-refractivity contribution in [3.8, 4) is 22.8 Å². The Morgan fingerprint density at radius 1 is 1.10 bits per heavy atom. The second kappa shape index (κ2) is 8.06. The van der Waals surface area contributed by atoms with E-state index in [1.807, 2.05) is 48.5 Å². The van der Waals surface area contributed by atoms with Gasteiger partial charge in [0, 0.05) is 25.4 Å². The van der Waals surface area contributed by atoms with E-state index in [-0.39, 0.29) is 0 Å². The molecule has 3 N–H and O–H groups in total. The van der Waals surface area contributed by atoms with Crippen LogP contribution in [0.2, 0.25) is 0 Å². The molecule has 5 rings (SSSR count). The van der Waals surface area contributed by atoms with Crippen LogP contribution >= 0.6 is 0 Å². The lowest BCUT2D eigenvalue weighted by Gasteiger charge is -2.09. The maximum Gasteiger partial charge on any atom is 0.129 e. The third-order valence-corrected chi connectivity index (χ3v) is 5.09. The van der Waals surface area contributed by atoms with Crippen LogP contribution in [0.4, 0.5) is 0 Å². The van der Waals surface area contributed by atoms with Crippen molar-refractivity contribution in [1.82, 2.24) is 25.5 Å². The monoisotopic (exact) mass is 389 g/mol. The predicted molar refractivity (Wildman–Crippen MR) is 111 cm³/mol. The third-order valence-electron chi connectivity index (χ3n) is 5.09. The first kappa shape index (κ1) is 17.9.